The van der Waals surface area contributed by atoms with Crippen molar-refractivity contribution in [2.45, 2.75) is 30.8 Å². The van der Waals surface area contributed by atoms with Crippen molar-refractivity contribution in [1.82, 2.24) is 9.62 Å². The zero-order chi connectivity index (χ0) is 15.6. The maximum atomic E-state index is 12.6. The van der Waals surface area contributed by atoms with Crippen molar-refractivity contribution >= 4 is 26.0 Å². The lowest BCUT2D eigenvalue weighted by Gasteiger charge is -2.35. The fourth-order valence-corrected chi connectivity index (χ4v) is 5.19. The number of likely N-dealkylation sites (tertiary alicyclic amines) is 1. The first-order chi connectivity index (χ1) is 9.83. The number of hydrogen-bond acceptors (Lipinski definition) is 4. The highest BCUT2D eigenvalue weighted by Crippen LogP contribution is 2.25. The van der Waals surface area contributed by atoms with Crippen LogP contribution < -0.4 is 10.5 Å². The number of nitrogens with zero attached hydrogens (tertiary/aromatic N) is 1. The van der Waals surface area contributed by atoms with Crippen LogP contribution in [-0.4, -0.2) is 39.5 Å². The van der Waals surface area contributed by atoms with Gasteiger partial charge in [-0.2, -0.15) is 0 Å². The summed E-state index contributed by atoms with van der Waals surface area (Å²) in [7, 11) is -1.46. The van der Waals surface area contributed by atoms with E-state index >= 15 is 0 Å². The molecule has 2 atom stereocenters. The second-order valence-corrected chi connectivity index (χ2v) is 8.26. The molecule has 7 heteroatoms. The minimum Gasteiger partial charge on any atom is -0.326 e. The average molecular weight is 376 g/mol. The highest BCUT2D eigenvalue weighted by atomic mass is 79.9. The molecule has 3 N–H and O–H groups in total. The summed E-state index contributed by atoms with van der Waals surface area (Å²) >= 11 is 3.33. The molecule has 1 saturated heterocycles. The molecule has 2 rings (SSSR count). The highest BCUT2D eigenvalue weighted by Gasteiger charge is 2.29. The Morgan fingerprint density at radius 2 is 2.19 bits per heavy atom. The van der Waals surface area contributed by atoms with Crippen LogP contribution in [0.5, 0.6) is 0 Å². The van der Waals surface area contributed by atoms with E-state index in [1.807, 2.05) is 0 Å². The van der Waals surface area contributed by atoms with Crippen LogP contribution in [0.2, 0.25) is 0 Å². The van der Waals surface area contributed by atoms with E-state index in [0.717, 1.165) is 25.1 Å². The molecular weight excluding hydrogens is 354 g/mol. The Balaban J connectivity index is 2.19. The van der Waals surface area contributed by atoms with Gasteiger partial charge in [-0.25, -0.2) is 13.1 Å². The molecule has 118 valence electrons. The zero-order valence-electron chi connectivity index (χ0n) is 12.3. The van der Waals surface area contributed by atoms with Crippen LogP contribution in [0.3, 0.4) is 0 Å². The Hall–Kier alpha value is -0.470. The van der Waals surface area contributed by atoms with Gasteiger partial charge in [-0.1, -0.05) is 13.0 Å². The third kappa shape index (κ3) is 4.04. The fourth-order valence-electron chi connectivity index (χ4n) is 2.68. The topological polar surface area (TPSA) is 75.4 Å². The summed E-state index contributed by atoms with van der Waals surface area (Å²) in [4.78, 5) is 2.49. The molecule has 1 aliphatic rings. The quantitative estimate of drug-likeness (QED) is 0.836. The van der Waals surface area contributed by atoms with Crippen LogP contribution in [0.25, 0.3) is 0 Å². The van der Waals surface area contributed by atoms with E-state index in [1.54, 1.807) is 18.2 Å². The van der Waals surface area contributed by atoms with Crippen LogP contribution >= 0.6 is 15.9 Å². The lowest BCUT2D eigenvalue weighted by molar-refractivity contribution is 0.188. The van der Waals surface area contributed by atoms with Crippen molar-refractivity contribution < 1.29 is 8.42 Å². The summed E-state index contributed by atoms with van der Waals surface area (Å²) in [6, 6.07) is 5.09. The molecule has 1 aromatic rings. The third-order valence-electron chi connectivity index (χ3n) is 3.94. The molecule has 1 aliphatic heterocycles. The summed E-state index contributed by atoms with van der Waals surface area (Å²) in [5.41, 5.74) is 6.46. The normalized spacial score (nSPS) is 24.2. The molecule has 0 aliphatic carbocycles. The lowest BCUT2D eigenvalue weighted by Crippen LogP contribution is -2.48. The largest absolute Gasteiger partial charge is 0.326 e. The van der Waals surface area contributed by atoms with Crippen LogP contribution in [-0.2, 0) is 16.6 Å². The molecule has 0 radical (unpaired) electrons. The summed E-state index contributed by atoms with van der Waals surface area (Å²) in [5.74, 6) is 0.292. The second kappa shape index (κ2) is 6.75. The van der Waals surface area contributed by atoms with Crippen molar-refractivity contribution in [2.24, 2.45) is 11.7 Å². The van der Waals surface area contributed by atoms with Gasteiger partial charge in [0, 0.05) is 23.6 Å². The van der Waals surface area contributed by atoms with Gasteiger partial charge in [0.2, 0.25) is 10.0 Å². The van der Waals surface area contributed by atoms with Crippen molar-refractivity contribution in [3.8, 4) is 0 Å². The standard InChI is InChI=1S/C14H22BrN3O2S/c1-10-9-18(2)6-5-13(10)17-21(19,20)14-4-3-11(8-16)7-12(14)15/h3-4,7,10,13,17H,5-6,8-9,16H2,1-2H3. The number of halogens is 1. The maximum Gasteiger partial charge on any atom is 0.241 e. The van der Waals surface area contributed by atoms with Gasteiger partial charge < -0.3 is 10.6 Å². The molecule has 1 fully saturated rings. The molecule has 5 nitrogen and oxygen atoms in total. The summed E-state index contributed by atoms with van der Waals surface area (Å²) in [6.45, 7) is 4.28. The third-order valence-corrected chi connectivity index (χ3v) is 6.40. The van der Waals surface area contributed by atoms with E-state index in [-0.39, 0.29) is 10.9 Å². The predicted molar refractivity (Wildman–Crippen MR) is 87.4 cm³/mol. The van der Waals surface area contributed by atoms with E-state index in [4.69, 9.17) is 5.73 Å². The van der Waals surface area contributed by atoms with Gasteiger partial charge in [-0.15, -0.1) is 0 Å². The number of nitrogens with two attached hydrogens (primary N) is 1. The van der Waals surface area contributed by atoms with Crippen LogP contribution in [0.15, 0.2) is 27.6 Å². The monoisotopic (exact) mass is 375 g/mol. The smallest absolute Gasteiger partial charge is 0.241 e. The average Bonchev–Trinajstić information content (AvgIpc) is 2.41. The first-order valence-electron chi connectivity index (χ1n) is 7.03. The summed E-state index contributed by atoms with van der Waals surface area (Å²) < 4.78 is 28.5. The van der Waals surface area contributed by atoms with E-state index in [0.29, 0.717) is 16.9 Å². The predicted octanol–water partition coefficient (Wildman–Crippen LogP) is 1.53. The SMILES string of the molecule is CC1CN(C)CCC1NS(=O)(=O)c1ccc(CN)cc1Br. The first-order valence-corrected chi connectivity index (χ1v) is 9.30. The van der Waals surface area contributed by atoms with Crippen LogP contribution in [0.4, 0.5) is 0 Å². The Labute approximate surface area is 135 Å². The summed E-state index contributed by atoms with van der Waals surface area (Å²) in [5, 5.41) is 0. The molecule has 0 bridgehead atoms. The zero-order valence-corrected chi connectivity index (χ0v) is 14.7. The highest BCUT2D eigenvalue weighted by molar-refractivity contribution is 9.10. The number of hydrogen-bond donors (Lipinski definition) is 2. The Morgan fingerprint density at radius 3 is 2.76 bits per heavy atom. The molecule has 2 unspecified atom stereocenters. The second-order valence-electron chi connectivity index (χ2n) is 5.72. The van der Waals surface area contributed by atoms with E-state index in [9.17, 15) is 8.42 Å². The lowest BCUT2D eigenvalue weighted by atomic mass is 9.95. The fraction of sp³-hybridized carbons (Fsp3) is 0.571. The van der Waals surface area contributed by atoms with Gasteiger partial charge in [-0.3, -0.25) is 0 Å². The van der Waals surface area contributed by atoms with Crippen molar-refractivity contribution in [3.05, 3.63) is 28.2 Å². The van der Waals surface area contributed by atoms with Crippen molar-refractivity contribution in [3.63, 3.8) is 0 Å². The van der Waals surface area contributed by atoms with Crippen LogP contribution in [0.1, 0.15) is 18.9 Å². The van der Waals surface area contributed by atoms with Crippen molar-refractivity contribution in [2.75, 3.05) is 20.1 Å². The molecule has 1 heterocycles. The number of nitrogens with one attached hydrogen (secondary N) is 1. The Kier molecular flexibility index (Phi) is 5.43. The molecule has 0 spiro atoms. The Morgan fingerprint density at radius 1 is 1.48 bits per heavy atom. The minimum absolute atomic E-state index is 0.0210. The molecule has 0 saturated carbocycles. The van der Waals surface area contributed by atoms with Gasteiger partial charge in [-0.05, 0) is 59.6 Å². The number of sulfonamides is 1. The number of rotatable bonds is 4. The van der Waals surface area contributed by atoms with E-state index in [1.165, 1.54) is 0 Å². The van der Waals surface area contributed by atoms with E-state index < -0.39 is 10.0 Å². The van der Waals surface area contributed by atoms with Gasteiger partial charge in [0.15, 0.2) is 0 Å². The maximum absolute atomic E-state index is 12.6. The molecule has 21 heavy (non-hydrogen) atoms. The number of benzene rings is 1. The van der Waals surface area contributed by atoms with Crippen molar-refractivity contribution in [1.29, 1.82) is 0 Å². The van der Waals surface area contributed by atoms with Gasteiger partial charge in [0.25, 0.3) is 0 Å². The van der Waals surface area contributed by atoms with Gasteiger partial charge >= 0.3 is 0 Å². The van der Waals surface area contributed by atoms with E-state index in [2.05, 4.69) is 39.5 Å². The Bertz CT molecular complexity index is 606. The first kappa shape index (κ1) is 16.9. The number of piperidine rings is 1. The van der Waals surface area contributed by atoms with Gasteiger partial charge in [0.05, 0.1) is 4.90 Å². The molecular formula is C14H22BrN3O2S. The molecule has 0 amide bonds. The van der Waals surface area contributed by atoms with Crippen LogP contribution in [0, 0.1) is 5.92 Å². The minimum atomic E-state index is -3.52. The summed E-state index contributed by atoms with van der Waals surface area (Å²) in [6.07, 6.45) is 0.829. The molecule has 1 aromatic carbocycles. The molecule has 0 aromatic heterocycles. The van der Waals surface area contributed by atoms with Gasteiger partial charge in [0.1, 0.15) is 0 Å².